The molecule has 0 aromatic rings. The third-order valence-electron chi connectivity index (χ3n) is 4.83. The summed E-state index contributed by atoms with van der Waals surface area (Å²) in [6.45, 7) is 5.06. The summed E-state index contributed by atoms with van der Waals surface area (Å²) in [4.78, 5) is 17.0. The summed E-state index contributed by atoms with van der Waals surface area (Å²) >= 11 is 0. The molecule has 1 saturated carbocycles. The number of halogens is 2. The van der Waals surface area contributed by atoms with Gasteiger partial charge in [0.2, 0.25) is 5.91 Å². The molecule has 4 nitrogen and oxygen atoms in total. The zero-order valence-electron chi connectivity index (χ0n) is 12.1. The summed E-state index contributed by atoms with van der Waals surface area (Å²) in [5, 5.41) is 3.37. The molecule has 118 valence electrons. The van der Waals surface area contributed by atoms with Crippen molar-refractivity contribution in [2.75, 3.05) is 32.7 Å². The fraction of sp³-hybridized carbons (Fsp3) is 0.929. The van der Waals surface area contributed by atoms with E-state index in [1.165, 1.54) is 32.1 Å². The van der Waals surface area contributed by atoms with Crippen molar-refractivity contribution in [2.45, 2.75) is 50.6 Å². The number of hydrogen-bond acceptors (Lipinski definition) is 3. The predicted octanol–water partition coefficient (Wildman–Crippen LogP) is 1.67. The Bertz CT molecular complexity index is 299. The second-order valence-corrected chi connectivity index (χ2v) is 5.95. The Balaban J connectivity index is 0.000001000. The molecule has 1 N–H and O–H groups in total. The van der Waals surface area contributed by atoms with Crippen molar-refractivity contribution >= 4 is 30.7 Å². The Hall–Kier alpha value is -0.0300. The first-order chi connectivity index (χ1) is 8.84. The molecule has 2 aliphatic heterocycles. The Morgan fingerprint density at radius 2 is 1.60 bits per heavy atom. The highest BCUT2D eigenvalue weighted by Gasteiger charge is 2.31. The summed E-state index contributed by atoms with van der Waals surface area (Å²) in [6, 6.07) is 0.934. The van der Waals surface area contributed by atoms with E-state index in [0.717, 1.165) is 45.2 Å². The van der Waals surface area contributed by atoms with Crippen LogP contribution in [0.5, 0.6) is 0 Å². The van der Waals surface area contributed by atoms with E-state index in [4.69, 9.17) is 0 Å². The lowest BCUT2D eigenvalue weighted by Crippen LogP contribution is -2.57. The standard InChI is InChI=1S/C14H25N3O.2ClH/c18-14(13-6-1-2-7-15-13)17-10-8-16(9-11-17)12-4-3-5-12;;/h12-13,15H,1-11H2;2*1H/t13-;;/m0../s1. The number of hydrogen-bond donors (Lipinski definition) is 1. The molecule has 0 spiro atoms. The van der Waals surface area contributed by atoms with Gasteiger partial charge in [-0.15, -0.1) is 24.8 Å². The lowest BCUT2D eigenvalue weighted by atomic mass is 9.91. The number of nitrogens with zero attached hydrogens (tertiary/aromatic N) is 2. The number of amides is 1. The predicted molar refractivity (Wildman–Crippen MR) is 85.9 cm³/mol. The first-order valence-corrected chi connectivity index (χ1v) is 7.61. The Kier molecular flexibility index (Phi) is 7.59. The van der Waals surface area contributed by atoms with Crippen LogP contribution in [0.2, 0.25) is 0 Å². The number of carbonyl (C=O) groups is 1. The van der Waals surface area contributed by atoms with Crippen LogP contribution in [0, 0.1) is 0 Å². The molecule has 3 aliphatic rings. The average Bonchev–Trinajstić information content (AvgIpc) is 2.38. The third-order valence-corrected chi connectivity index (χ3v) is 4.83. The highest BCUT2D eigenvalue weighted by Crippen LogP contribution is 2.25. The van der Waals surface area contributed by atoms with Gasteiger partial charge in [0.15, 0.2) is 0 Å². The highest BCUT2D eigenvalue weighted by atomic mass is 35.5. The molecule has 3 fully saturated rings. The van der Waals surface area contributed by atoms with Crippen molar-refractivity contribution in [3.05, 3.63) is 0 Å². The molecule has 0 radical (unpaired) electrons. The Morgan fingerprint density at radius 1 is 0.900 bits per heavy atom. The van der Waals surface area contributed by atoms with Crippen LogP contribution in [0.3, 0.4) is 0 Å². The molecule has 0 aromatic heterocycles. The topological polar surface area (TPSA) is 35.6 Å². The molecule has 20 heavy (non-hydrogen) atoms. The van der Waals surface area contributed by atoms with E-state index in [1.807, 2.05) is 0 Å². The summed E-state index contributed by atoms with van der Waals surface area (Å²) in [6.07, 6.45) is 7.60. The maximum atomic E-state index is 12.4. The number of rotatable bonds is 2. The molecule has 1 amide bonds. The second kappa shape index (κ2) is 8.42. The van der Waals surface area contributed by atoms with E-state index in [9.17, 15) is 4.79 Å². The second-order valence-electron chi connectivity index (χ2n) is 5.95. The minimum absolute atomic E-state index is 0. The number of piperazine rings is 1. The van der Waals surface area contributed by atoms with Gasteiger partial charge in [0.25, 0.3) is 0 Å². The van der Waals surface area contributed by atoms with Gasteiger partial charge >= 0.3 is 0 Å². The van der Waals surface area contributed by atoms with Crippen molar-refractivity contribution in [3.8, 4) is 0 Å². The fourth-order valence-corrected chi connectivity index (χ4v) is 3.34. The Labute approximate surface area is 134 Å². The van der Waals surface area contributed by atoms with Gasteiger partial charge in [-0.3, -0.25) is 9.69 Å². The van der Waals surface area contributed by atoms with Crippen molar-refractivity contribution in [1.82, 2.24) is 15.1 Å². The molecule has 2 saturated heterocycles. The monoisotopic (exact) mass is 323 g/mol. The lowest BCUT2D eigenvalue weighted by Gasteiger charge is -2.43. The summed E-state index contributed by atoms with van der Waals surface area (Å²) in [5.74, 6) is 0.350. The van der Waals surface area contributed by atoms with Crippen molar-refractivity contribution in [3.63, 3.8) is 0 Å². The minimum Gasteiger partial charge on any atom is -0.339 e. The number of piperidine rings is 1. The van der Waals surface area contributed by atoms with Crippen LogP contribution in [0.25, 0.3) is 0 Å². The van der Waals surface area contributed by atoms with Crippen molar-refractivity contribution in [2.24, 2.45) is 0 Å². The SMILES string of the molecule is Cl.Cl.O=C([C@@H]1CCCCN1)N1CCN(C2CCC2)CC1. The first-order valence-electron chi connectivity index (χ1n) is 7.61. The zero-order chi connectivity index (χ0) is 12.4. The van der Waals surface area contributed by atoms with E-state index in [0.29, 0.717) is 5.91 Å². The van der Waals surface area contributed by atoms with Crippen LogP contribution >= 0.6 is 24.8 Å². The van der Waals surface area contributed by atoms with E-state index < -0.39 is 0 Å². The van der Waals surface area contributed by atoms with E-state index >= 15 is 0 Å². The van der Waals surface area contributed by atoms with Crippen LogP contribution in [0.1, 0.15) is 38.5 Å². The maximum Gasteiger partial charge on any atom is 0.239 e. The average molecular weight is 324 g/mol. The van der Waals surface area contributed by atoms with Crippen LogP contribution < -0.4 is 5.32 Å². The molecule has 2 heterocycles. The summed E-state index contributed by atoms with van der Waals surface area (Å²) in [5.41, 5.74) is 0. The van der Waals surface area contributed by atoms with Gasteiger partial charge in [0.1, 0.15) is 0 Å². The van der Waals surface area contributed by atoms with Crippen LogP contribution in [0.15, 0.2) is 0 Å². The van der Waals surface area contributed by atoms with Gasteiger partial charge in [-0.2, -0.15) is 0 Å². The zero-order valence-corrected chi connectivity index (χ0v) is 13.7. The van der Waals surface area contributed by atoms with Crippen molar-refractivity contribution in [1.29, 1.82) is 0 Å². The highest BCUT2D eigenvalue weighted by molar-refractivity contribution is 5.85. The van der Waals surface area contributed by atoms with E-state index in [2.05, 4.69) is 15.1 Å². The summed E-state index contributed by atoms with van der Waals surface area (Å²) in [7, 11) is 0. The Morgan fingerprint density at radius 3 is 2.10 bits per heavy atom. The van der Waals surface area contributed by atoms with Crippen molar-refractivity contribution < 1.29 is 4.79 Å². The van der Waals surface area contributed by atoms with Gasteiger partial charge < -0.3 is 10.2 Å². The lowest BCUT2D eigenvalue weighted by molar-refractivity contribution is -0.136. The molecule has 0 aromatic carbocycles. The molecule has 0 bridgehead atoms. The molecule has 3 rings (SSSR count). The van der Waals surface area contributed by atoms with E-state index in [1.54, 1.807) is 0 Å². The summed E-state index contributed by atoms with van der Waals surface area (Å²) < 4.78 is 0. The molecular formula is C14H27Cl2N3O. The first kappa shape index (κ1) is 18.0. The van der Waals surface area contributed by atoms with Crippen LogP contribution in [-0.2, 0) is 4.79 Å². The minimum atomic E-state index is 0. The van der Waals surface area contributed by atoms with Gasteiger partial charge in [-0.1, -0.05) is 12.8 Å². The number of nitrogens with one attached hydrogen (secondary N) is 1. The molecular weight excluding hydrogens is 297 g/mol. The van der Waals surface area contributed by atoms with Gasteiger partial charge in [0, 0.05) is 32.2 Å². The largest absolute Gasteiger partial charge is 0.339 e. The molecule has 0 unspecified atom stereocenters. The smallest absolute Gasteiger partial charge is 0.239 e. The van der Waals surface area contributed by atoms with Gasteiger partial charge in [-0.25, -0.2) is 0 Å². The van der Waals surface area contributed by atoms with Crippen LogP contribution in [0.4, 0.5) is 0 Å². The van der Waals surface area contributed by atoms with E-state index in [-0.39, 0.29) is 30.9 Å². The van der Waals surface area contributed by atoms with Gasteiger partial charge in [-0.05, 0) is 32.2 Å². The molecule has 1 aliphatic carbocycles. The van der Waals surface area contributed by atoms with Gasteiger partial charge in [0.05, 0.1) is 6.04 Å². The fourth-order valence-electron chi connectivity index (χ4n) is 3.34. The number of carbonyl (C=O) groups excluding carboxylic acids is 1. The normalized spacial score (nSPS) is 28.0. The maximum absolute atomic E-state index is 12.4. The third kappa shape index (κ3) is 4.00. The van der Waals surface area contributed by atoms with Crippen LogP contribution in [-0.4, -0.2) is 60.5 Å². The molecule has 1 atom stereocenters. The molecule has 6 heteroatoms. The quantitative estimate of drug-likeness (QED) is 0.839.